The monoisotopic (exact) mass is 453 g/mol. The van der Waals surface area contributed by atoms with Gasteiger partial charge in [0.1, 0.15) is 5.60 Å². The summed E-state index contributed by atoms with van der Waals surface area (Å²) in [5.41, 5.74) is 0.860. The molecule has 1 aromatic heterocycles. The lowest BCUT2D eigenvalue weighted by Gasteiger charge is -2.29. The molecule has 9 heteroatoms. The van der Waals surface area contributed by atoms with Crippen molar-refractivity contribution in [1.29, 1.82) is 0 Å². The minimum atomic E-state index is -1.50. The van der Waals surface area contributed by atoms with Crippen LogP contribution >= 0.6 is 27.5 Å². The maximum Gasteiger partial charge on any atom is 0.291 e. The highest BCUT2D eigenvalue weighted by atomic mass is 79.9. The Hall–Kier alpha value is -2.42. The first-order valence-corrected chi connectivity index (χ1v) is 8.97. The van der Waals surface area contributed by atoms with Gasteiger partial charge < -0.3 is 14.9 Å². The van der Waals surface area contributed by atoms with Gasteiger partial charge in [0.15, 0.2) is 0 Å². The molecule has 7 nitrogen and oxygen atoms in total. The van der Waals surface area contributed by atoms with Gasteiger partial charge in [-0.25, -0.2) is 4.98 Å². The number of hydrogen-bond donors (Lipinski definition) is 2. The van der Waals surface area contributed by atoms with Crippen molar-refractivity contribution < 1.29 is 15.4 Å². The summed E-state index contributed by atoms with van der Waals surface area (Å²) in [7, 11) is 0. The fourth-order valence-electron chi connectivity index (χ4n) is 2.63. The molecule has 142 valence electrons. The summed E-state index contributed by atoms with van der Waals surface area (Å²) < 4.78 is 2.87. The van der Waals surface area contributed by atoms with Gasteiger partial charge in [-0.2, -0.15) is 0 Å². The van der Waals surface area contributed by atoms with Crippen LogP contribution in [0.1, 0.15) is 11.1 Å². The second kappa shape index (κ2) is 9.50. The molecule has 2 N–H and O–H groups in total. The van der Waals surface area contributed by atoms with Gasteiger partial charge in [0.05, 0.1) is 12.9 Å². The van der Waals surface area contributed by atoms with E-state index in [-0.39, 0.29) is 0 Å². The molecule has 1 heterocycles. The van der Waals surface area contributed by atoms with E-state index in [0.717, 1.165) is 15.6 Å². The third-order valence-corrected chi connectivity index (χ3v) is 4.58. The third kappa shape index (κ3) is 6.67. The number of nitrogens with zero attached hydrogens (tertiary/aromatic N) is 3. The van der Waals surface area contributed by atoms with Crippen LogP contribution in [-0.2, 0) is 18.6 Å². The fourth-order valence-corrected chi connectivity index (χ4v) is 3.02. The van der Waals surface area contributed by atoms with Crippen molar-refractivity contribution in [2.24, 2.45) is 0 Å². The Kier molecular flexibility index (Phi) is 7.35. The standard InChI is InChI=1S/C18H16BrClN2O.HNO3/c19-16-5-3-15(4-6-16)18(23,12-22-10-9-21-13-22)11-14-1-7-17(20)8-2-14;2-1(3)4/h1-10,13,23H,11-12H2;(H,2,3,4). The fraction of sp³-hybridized carbons (Fsp3) is 0.167. The Balaban J connectivity index is 0.000000596. The van der Waals surface area contributed by atoms with E-state index in [1.165, 1.54) is 0 Å². The smallest absolute Gasteiger partial charge is 0.291 e. The average Bonchev–Trinajstić information content (AvgIpc) is 3.10. The van der Waals surface area contributed by atoms with Crippen LogP contribution in [0.5, 0.6) is 0 Å². The van der Waals surface area contributed by atoms with Gasteiger partial charge in [-0.15, -0.1) is 10.1 Å². The maximum absolute atomic E-state index is 11.4. The maximum atomic E-state index is 11.4. The van der Waals surface area contributed by atoms with Crippen LogP contribution in [-0.4, -0.2) is 25.0 Å². The normalized spacial score (nSPS) is 12.6. The second-order valence-corrected chi connectivity index (χ2v) is 7.17. The van der Waals surface area contributed by atoms with Crippen LogP contribution in [0, 0.1) is 10.1 Å². The van der Waals surface area contributed by atoms with Crippen molar-refractivity contribution >= 4 is 27.5 Å². The number of rotatable bonds is 5. The number of aliphatic hydroxyl groups is 1. The molecule has 0 aliphatic carbocycles. The topological polar surface area (TPSA) is 101 Å². The molecule has 0 bridgehead atoms. The van der Waals surface area contributed by atoms with E-state index in [9.17, 15) is 5.11 Å². The molecule has 0 saturated heterocycles. The van der Waals surface area contributed by atoms with Crippen molar-refractivity contribution in [3.63, 3.8) is 0 Å². The molecule has 0 aliphatic rings. The molecule has 27 heavy (non-hydrogen) atoms. The lowest BCUT2D eigenvalue weighted by Crippen LogP contribution is -2.33. The zero-order chi connectivity index (χ0) is 19.9. The molecule has 1 unspecified atom stereocenters. The molecule has 1 atom stereocenters. The summed E-state index contributed by atoms with van der Waals surface area (Å²) >= 11 is 9.39. The van der Waals surface area contributed by atoms with Gasteiger partial charge in [-0.3, -0.25) is 0 Å². The number of imidazole rings is 1. The summed E-state index contributed by atoms with van der Waals surface area (Å²) in [6.45, 7) is 0.428. The minimum Gasteiger partial charge on any atom is -0.383 e. The SMILES string of the molecule is O=[N+]([O-])O.OC(Cc1ccc(Cl)cc1)(Cn1ccnc1)c1ccc(Br)cc1. The molecule has 0 fully saturated rings. The molecule has 0 aliphatic heterocycles. The molecule has 3 aromatic rings. The van der Waals surface area contributed by atoms with E-state index in [1.54, 1.807) is 12.5 Å². The molecule has 0 radical (unpaired) electrons. The van der Waals surface area contributed by atoms with Crippen molar-refractivity contribution in [3.05, 3.63) is 98.0 Å². The largest absolute Gasteiger partial charge is 0.383 e. The molecule has 2 aromatic carbocycles. The molecular formula is C18H17BrClN3O4. The minimum absolute atomic E-state index is 0.428. The van der Waals surface area contributed by atoms with E-state index in [1.807, 2.05) is 59.3 Å². The van der Waals surface area contributed by atoms with Gasteiger partial charge in [-0.1, -0.05) is 51.8 Å². The summed E-state index contributed by atoms with van der Waals surface area (Å²) in [6.07, 6.45) is 5.77. The van der Waals surface area contributed by atoms with Gasteiger partial charge >= 0.3 is 0 Å². The Bertz CT molecular complexity index is 853. The Morgan fingerprint density at radius 3 is 2.30 bits per heavy atom. The number of halogens is 2. The Morgan fingerprint density at radius 2 is 1.78 bits per heavy atom. The quantitative estimate of drug-likeness (QED) is 0.447. The van der Waals surface area contributed by atoms with E-state index < -0.39 is 10.7 Å². The van der Waals surface area contributed by atoms with Crippen LogP contribution < -0.4 is 0 Å². The van der Waals surface area contributed by atoms with E-state index in [0.29, 0.717) is 18.0 Å². The summed E-state index contributed by atoms with van der Waals surface area (Å²) in [6, 6.07) is 15.3. The predicted octanol–water partition coefficient (Wildman–Crippen LogP) is 4.08. The summed E-state index contributed by atoms with van der Waals surface area (Å²) in [5, 5.41) is 25.7. The Labute approximate surface area is 169 Å². The van der Waals surface area contributed by atoms with Crippen LogP contribution in [0.3, 0.4) is 0 Å². The van der Waals surface area contributed by atoms with Gasteiger partial charge in [0, 0.05) is 28.3 Å². The van der Waals surface area contributed by atoms with Crippen molar-refractivity contribution in [2.75, 3.05) is 0 Å². The third-order valence-electron chi connectivity index (χ3n) is 3.79. The highest BCUT2D eigenvalue weighted by Gasteiger charge is 2.30. The summed E-state index contributed by atoms with van der Waals surface area (Å²) in [5.74, 6) is 0. The summed E-state index contributed by atoms with van der Waals surface area (Å²) in [4.78, 5) is 12.4. The van der Waals surface area contributed by atoms with Crippen molar-refractivity contribution in [2.45, 2.75) is 18.6 Å². The lowest BCUT2D eigenvalue weighted by molar-refractivity contribution is -0.742. The van der Waals surface area contributed by atoms with Crippen LogP contribution in [0.2, 0.25) is 5.02 Å². The van der Waals surface area contributed by atoms with Crippen molar-refractivity contribution in [1.82, 2.24) is 9.55 Å². The Morgan fingerprint density at radius 1 is 1.19 bits per heavy atom. The van der Waals surface area contributed by atoms with E-state index in [4.69, 9.17) is 26.9 Å². The highest BCUT2D eigenvalue weighted by Crippen LogP contribution is 2.29. The zero-order valence-corrected chi connectivity index (χ0v) is 16.4. The molecule has 0 saturated carbocycles. The van der Waals surface area contributed by atoms with Crippen LogP contribution in [0.15, 0.2) is 71.7 Å². The first kappa shape index (κ1) is 20.9. The average molecular weight is 455 g/mol. The second-order valence-electron chi connectivity index (χ2n) is 5.81. The zero-order valence-electron chi connectivity index (χ0n) is 14.1. The number of hydrogen-bond acceptors (Lipinski definition) is 4. The van der Waals surface area contributed by atoms with Gasteiger partial charge in [-0.05, 0) is 35.4 Å². The van der Waals surface area contributed by atoms with Crippen LogP contribution in [0.4, 0.5) is 0 Å². The predicted molar refractivity (Wildman–Crippen MR) is 104 cm³/mol. The molecule has 3 rings (SSSR count). The first-order valence-electron chi connectivity index (χ1n) is 7.80. The molecule has 0 amide bonds. The highest BCUT2D eigenvalue weighted by molar-refractivity contribution is 9.10. The van der Waals surface area contributed by atoms with Crippen LogP contribution in [0.25, 0.3) is 0 Å². The van der Waals surface area contributed by atoms with Gasteiger partial charge in [0.2, 0.25) is 0 Å². The van der Waals surface area contributed by atoms with E-state index in [2.05, 4.69) is 20.9 Å². The number of aromatic nitrogens is 2. The van der Waals surface area contributed by atoms with E-state index >= 15 is 0 Å². The molecule has 0 spiro atoms. The van der Waals surface area contributed by atoms with Crippen molar-refractivity contribution in [3.8, 4) is 0 Å². The van der Waals surface area contributed by atoms with Gasteiger partial charge in [0.25, 0.3) is 5.09 Å². The lowest BCUT2D eigenvalue weighted by atomic mass is 9.87. The molecular weight excluding hydrogens is 438 g/mol. The first-order chi connectivity index (χ1) is 12.8. The number of benzene rings is 2.